The lowest BCUT2D eigenvalue weighted by Gasteiger charge is -2.35. The molecule has 0 bridgehead atoms. The van der Waals surface area contributed by atoms with E-state index in [0.717, 1.165) is 39.6 Å². The lowest BCUT2D eigenvalue weighted by atomic mass is 9.34. The zero-order chi connectivity index (χ0) is 41.0. The average Bonchev–Trinajstić information content (AvgIpc) is 3.21. The van der Waals surface area contributed by atoms with Gasteiger partial charge < -0.3 is 9.47 Å². The number of hydrogen-bond donors (Lipinski definition) is 0. The molecule has 0 amide bonds. The third kappa shape index (κ3) is 6.25. The Balaban J connectivity index is 1.09. The lowest BCUT2D eigenvalue weighted by Crippen LogP contribution is -2.57. The SMILES string of the molecule is CC(C)(C)c1ccc(-c2c3ccccc3c(-c3ccc(-c4cc5c6c(c4)Oc4ccc(C(C)(C)C)cc4B6c4cc(C(C)(C)C)ccc4O5)cc3)c3ccccc23)cc1. The first-order valence-electron chi connectivity index (χ1n) is 21.1. The van der Waals surface area contributed by atoms with E-state index in [1.807, 2.05) is 0 Å². The predicted octanol–water partition coefficient (Wildman–Crippen LogP) is 13.6. The van der Waals surface area contributed by atoms with Gasteiger partial charge in [-0.3, -0.25) is 0 Å². The van der Waals surface area contributed by atoms with Crippen LogP contribution in [0.5, 0.6) is 23.0 Å². The molecule has 0 radical (unpaired) electrons. The number of fused-ring (bicyclic) bond motifs is 6. The molecule has 0 aliphatic carbocycles. The van der Waals surface area contributed by atoms with E-state index in [2.05, 4.69) is 208 Å². The van der Waals surface area contributed by atoms with Crippen molar-refractivity contribution >= 4 is 44.6 Å². The molecule has 0 spiro atoms. The van der Waals surface area contributed by atoms with Crippen molar-refractivity contribution in [2.45, 2.75) is 78.6 Å². The second kappa shape index (κ2) is 13.2. The first-order chi connectivity index (χ1) is 28.1. The van der Waals surface area contributed by atoms with Crippen molar-refractivity contribution in [3.8, 4) is 56.4 Å². The molecule has 0 saturated heterocycles. The predicted molar refractivity (Wildman–Crippen MR) is 252 cm³/mol. The molecule has 10 rings (SSSR count). The summed E-state index contributed by atoms with van der Waals surface area (Å²) in [5.41, 5.74) is 14.7. The number of hydrogen-bond acceptors (Lipinski definition) is 2. The van der Waals surface area contributed by atoms with E-state index in [1.165, 1.54) is 71.4 Å². The Kier molecular flexibility index (Phi) is 8.35. The largest absolute Gasteiger partial charge is 0.458 e. The first-order valence-corrected chi connectivity index (χ1v) is 21.1. The summed E-state index contributed by atoms with van der Waals surface area (Å²) in [6.45, 7) is 20.5. The third-order valence-corrected chi connectivity index (χ3v) is 12.7. The summed E-state index contributed by atoms with van der Waals surface area (Å²) in [5.74, 6) is 3.54. The van der Waals surface area contributed by atoms with Crippen LogP contribution in [-0.4, -0.2) is 6.71 Å². The maximum absolute atomic E-state index is 6.85. The molecule has 290 valence electrons. The van der Waals surface area contributed by atoms with Crippen LogP contribution in [0.3, 0.4) is 0 Å². The second-order valence-corrected chi connectivity index (χ2v) is 19.8. The van der Waals surface area contributed by atoms with Gasteiger partial charge in [0.1, 0.15) is 23.0 Å². The minimum atomic E-state index is 0.00833. The Hall–Kier alpha value is -6.06. The molecule has 0 saturated carbocycles. The van der Waals surface area contributed by atoms with Crippen LogP contribution < -0.4 is 25.9 Å². The van der Waals surface area contributed by atoms with Gasteiger partial charge in [0.25, 0.3) is 6.71 Å². The highest BCUT2D eigenvalue weighted by molar-refractivity contribution is 6.98. The van der Waals surface area contributed by atoms with Gasteiger partial charge in [-0.1, -0.05) is 184 Å². The molecular formula is C56H51BO2. The van der Waals surface area contributed by atoms with E-state index in [1.54, 1.807) is 0 Å². The fourth-order valence-corrected chi connectivity index (χ4v) is 9.32. The zero-order valence-electron chi connectivity index (χ0n) is 35.8. The van der Waals surface area contributed by atoms with Gasteiger partial charge in [0.15, 0.2) is 0 Å². The van der Waals surface area contributed by atoms with Crippen molar-refractivity contribution in [1.29, 1.82) is 0 Å². The molecule has 2 heterocycles. The molecule has 3 heteroatoms. The monoisotopic (exact) mass is 766 g/mol. The lowest BCUT2D eigenvalue weighted by molar-refractivity contribution is 0.464. The molecule has 8 aromatic rings. The summed E-state index contributed by atoms with van der Waals surface area (Å²) in [6, 6.07) is 54.0. The van der Waals surface area contributed by atoms with Crippen LogP contribution in [0.15, 0.2) is 146 Å². The quantitative estimate of drug-likeness (QED) is 0.132. The molecule has 0 N–H and O–H groups in total. The van der Waals surface area contributed by atoms with Gasteiger partial charge in [-0.15, -0.1) is 0 Å². The van der Waals surface area contributed by atoms with Crippen molar-refractivity contribution in [3.05, 3.63) is 162 Å². The normalized spacial score (nSPS) is 13.4. The van der Waals surface area contributed by atoms with Crippen LogP contribution in [0.1, 0.15) is 79.0 Å². The fraction of sp³-hybridized carbons (Fsp3) is 0.214. The van der Waals surface area contributed by atoms with Crippen LogP contribution in [-0.2, 0) is 16.2 Å². The average molecular weight is 767 g/mol. The Morgan fingerprint density at radius 3 is 1.08 bits per heavy atom. The minimum Gasteiger partial charge on any atom is -0.458 e. The zero-order valence-corrected chi connectivity index (χ0v) is 35.8. The molecule has 0 atom stereocenters. The maximum atomic E-state index is 6.85. The molecule has 0 unspecified atom stereocenters. The Labute approximate surface area is 349 Å². The smallest absolute Gasteiger partial charge is 0.260 e. The Morgan fingerprint density at radius 2 is 0.695 bits per heavy atom. The van der Waals surface area contributed by atoms with Crippen LogP contribution in [0.2, 0.25) is 0 Å². The van der Waals surface area contributed by atoms with Gasteiger partial charge >= 0.3 is 0 Å². The Bertz CT molecular complexity index is 2820. The van der Waals surface area contributed by atoms with Crippen molar-refractivity contribution in [2.75, 3.05) is 0 Å². The standard InChI is InChI=1S/C56H51BO2/c1-54(2,3)38-24-22-36(23-25-38)52-43-16-12-10-14-41(43)51(42-15-11-13-17-44(42)52)35-20-18-34(19-21-35)37-30-49-53-50(31-37)59-48-29-27-40(56(7,8)9)33-46(48)57(53)45-32-39(55(4,5)6)26-28-47(45)58-49/h10-33H,1-9H3. The van der Waals surface area contributed by atoms with Crippen molar-refractivity contribution in [1.82, 2.24) is 0 Å². The Morgan fingerprint density at radius 1 is 0.339 bits per heavy atom. The molecule has 0 fully saturated rings. The van der Waals surface area contributed by atoms with Crippen molar-refractivity contribution in [2.24, 2.45) is 0 Å². The van der Waals surface area contributed by atoms with Crippen molar-refractivity contribution in [3.63, 3.8) is 0 Å². The van der Waals surface area contributed by atoms with Gasteiger partial charge in [0.2, 0.25) is 0 Å². The highest BCUT2D eigenvalue weighted by Crippen LogP contribution is 2.45. The van der Waals surface area contributed by atoms with Gasteiger partial charge in [0.05, 0.1) is 0 Å². The van der Waals surface area contributed by atoms with E-state index in [9.17, 15) is 0 Å². The van der Waals surface area contributed by atoms with Gasteiger partial charge in [-0.25, -0.2) is 0 Å². The second-order valence-electron chi connectivity index (χ2n) is 19.8. The van der Waals surface area contributed by atoms with Gasteiger partial charge in [0, 0.05) is 5.46 Å². The van der Waals surface area contributed by atoms with Gasteiger partial charge in [-0.2, -0.15) is 0 Å². The van der Waals surface area contributed by atoms with Crippen LogP contribution in [0.4, 0.5) is 0 Å². The molecule has 2 aliphatic rings. The maximum Gasteiger partial charge on any atom is 0.260 e. The summed E-state index contributed by atoms with van der Waals surface area (Å²) in [5, 5.41) is 5.02. The van der Waals surface area contributed by atoms with Crippen LogP contribution in [0.25, 0.3) is 54.9 Å². The highest BCUT2D eigenvalue weighted by atomic mass is 16.5. The van der Waals surface area contributed by atoms with E-state index >= 15 is 0 Å². The number of ether oxygens (including phenoxy) is 2. The molecule has 2 aliphatic heterocycles. The highest BCUT2D eigenvalue weighted by Gasteiger charge is 2.41. The summed E-state index contributed by atoms with van der Waals surface area (Å²) >= 11 is 0. The molecular weight excluding hydrogens is 715 g/mol. The van der Waals surface area contributed by atoms with Crippen LogP contribution >= 0.6 is 0 Å². The van der Waals surface area contributed by atoms with E-state index in [0.29, 0.717) is 0 Å². The molecule has 2 nitrogen and oxygen atoms in total. The third-order valence-electron chi connectivity index (χ3n) is 12.7. The summed E-state index contributed by atoms with van der Waals surface area (Å²) in [7, 11) is 0. The van der Waals surface area contributed by atoms with E-state index in [4.69, 9.17) is 9.47 Å². The molecule has 0 aromatic heterocycles. The van der Waals surface area contributed by atoms with E-state index in [-0.39, 0.29) is 23.0 Å². The van der Waals surface area contributed by atoms with E-state index < -0.39 is 0 Å². The topological polar surface area (TPSA) is 18.5 Å². The summed E-state index contributed by atoms with van der Waals surface area (Å²) in [4.78, 5) is 0. The summed E-state index contributed by atoms with van der Waals surface area (Å²) < 4.78 is 13.7. The van der Waals surface area contributed by atoms with Gasteiger partial charge in [-0.05, 0) is 123 Å². The number of rotatable bonds is 3. The minimum absolute atomic E-state index is 0.00833. The van der Waals surface area contributed by atoms with Crippen LogP contribution in [0, 0.1) is 0 Å². The molecule has 59 heavy (non-hydrogen) atoms. The first kappa shape index (κ1) is 37.2. The fourth-order valence-electron chi connectivity index (χ4n) is 9.32. The number of benzene rings is 8. The molecule has 8 aromatic carbocycles. The summed E-state index contributed by atoms with van der Waals surface area (Å²) in [6.07, 6.45) is 0. The van der Waals surface area contributed by atoms with Crippen molar-refractivity contribution < 1.29 is 9.47 Å².